The van der Waals surface area contributed by atoms with Crippen molar-refractivity contribution < 1.29 is 0 Å². The number of hydrogen-bond donors (Lipinski definition) is 1. The monoisotopic (exact) mass is 216 g/mol. The number of benzene rings is 1. The molecule has 2 rings (SSSR count). The van der Waals surface area contributed by atoms with Gasteiger partial charge < -0.3 is 4.90 Å². The molecule has 0 spiro atoms. The van der Waals surface area contributed by atoms with Gasteiger partial charge in [0.1, 0.15) is 0 Å². The molecule has 0 aliphatic carbocycles. The molecule has 1 aromatic heterocycles. The van der Waals surface area contributed by atoms with Gasteiger partial charge in [-0.3, -0.25) is 5.10 Å². The number of aliphatic imine (C=N–C) groups is 1. The Hall–Kier alpha value is -1.84. The summed E-state index contributed by atoms with van der Waals surface area (Å²) in [5.74, 6) is 0. The third-order valence-corrected chi connectivity index (χ3v) is 2.65. The zero-order chi connectivity index (χ0) is 11.5. The summed E-state index contributed by atoms with van der Waals surface area (Å²) in [4.78, 5) is 6.51. The van der Waals surface area contributed by atoms with Crippen LogP contribution in [-0.2, 0) is 0 Å². The molecular formula is C12H16N4. The molecule has 0 aliphatic rings. The van der Waals surface area contributed by atoms with Crippen molar-refractivity contribution in [3.63, 3.8) is 0 Å². The van der Waals surface area contributed by atoms with Gasteiger partial charge in [0, 0.05) is 19.0 Å². The molecule has 4 heteroatoms. The minimum absolute atomic E-state index is 0.955. The van der Waals surface area contributed by atoms with Crippen LogP contribution in [0, 0.1) is 6.92 Å². The number of nitrogens with one attached hydrogen (secondary N) is 1. The standard InChI is InChI=1S/C12H16N4/c1-4-16(3)8-13-11-6-10-7-14-15-12(10)5-9(11)2/h5-8H,4H2,1-3H3,(H,14,15)/b13-8+. The minimum atomic E-state index is 0.955. The maximum absolute atomic E-state index is 4.47. The fraction of sp³-hybridized carbons (Fsp3) is 0.333. The fourth-order valence-corrected chi connectivity index (χ4v) is 1.47. The molecule has 0 bridgehead atoms. The molecule has 84 valence electrons. The second-order valence-electron chi connectivity index (χ2n) is 3.91. The van der Waals surface area contributed by atoms with E-state index < -0.39 is 0 Å². The van der Waals surface area contributed by atoms with Crippen LogP contribution in [0.3, 0.4) is 0 Å². The maximum atomic E-state index is 4.47. The van der Waals surface area contributed by atoms with Gasteiger partial charge in [-0.25, -0.2) is 4.99 Å². The van der Waals surface area contributed by atoms with Crippen LogP contribution in [0.15, 0.2) is 23.3 Å². The van der Waals surface area contributed by atoms with Gasteiger partial charge in [-0.1, -0.05) is 0 Å². The highest BCUT2D eigenvalue weighted by Crippen LogP contribution is 2.23. The largest absolute Gasteiger partial charge is 0.366 e. The summed E-state index contributed by atoms with van der Waals surface area (Å²) >= 11 is 0. The van der Waals surface area contributed by atoms with Crippen molar-refractivity contribution in [2.24, 2.45) is 4.99 Å². The SMILES string of the molecule is CCN(C)/C=N/c1cc2cn[nH]c2cc1C. The summed E-state index contributed by atoms with van der Waals surface area (Å²) < 4.78 is 0. The lowest BCUT2D eigenvalue weighted by Gasteiger charge is -2.08. The first-order chi connectivity index (χ1) is 7.70. The number of fused-ring (bicyclic) bond motifs is 1. The lowest BCUT2D eigenvalue weighted by Crippen LogP contribution is -2.14. The van der Waals surface area contributed by atoms with E-state index in [0.29, 0.717) is 0 Å². The van der Waals surface area contributed by atoms with E-state index in [9.17, 15) is 0 Å². The highest BCUT2D eigenvalue weighted by Gasteiger charge is 2.01. The third-order valence-electron chi connectivity index (χ3n) is 2.65. The molecule has 1 N–H and O–H groups in total. The van der Waals surface area contributed by atoms with Crippen LogP contribution < -0.4 is 0 Å². The number of rotatable bonds is 3. The van der Waals surface area contributed by atoms with Gasteiger partial charge in [0.05, 0.1) is 23.7 Å². The molecule has 0 amide bonds. The van der Waals surface area contributed by atoms with E-state index in [4.69, 9.17) is 0 Å². The summed E-state index contributed by atoms with van der Waals surface area (Å²) in [6.45, 7) is 5.10. The highest BCUT2D eigenvalue weighted by molar-refractivity contribution is 5.83. The number of aromatic amines is 1. The molecule has 0 fully saturated rings. The lowest BCUT2D eigenvalue weighted by atomic mass is 10.1. The van der Waals surface area contributed by atoms with E-state index in [1.54, 1.807) is 0 Å². The van der Waals surface area contributed by atoms with Gasteiger partial charge in [-0.2, -0.15) is 5.10 Å². The number of aryl methyl sites for hydroxylation is 1. The van der Waals surface area contributed by atoms with Gasteiger partial charge in [0.25, 0.3) is 0 Å². The van der Waals surface area contributed by atoms with E-state index in [2.05, 4.69) is 35.1 Å². The predicted octanol–water partition coefficient (Wildman–Crippen LogP) is 2.48. The van der Waals surface area contributed by atoms with Crippen LogP contribution in [0.2, 0.25) is 0 Å². The average Bonchev–Trinajstić information content (AvgIpc) is 2.72. The quantitative estimate of drug-likeness (QED) is 0.632. The number of aromatic nitrogens is 2. The van der Waals surface area contributed by atoms with Gasteiger partial charge in [0.15, 0.2) is 0 Å². The molecule has 1 heterocycles. The Bertz CT molecular complexity index is 513. The summed E-state index contributed by atoms with van der Waals surface area (Å²) in [6, 6.07) is 4.12. The van der Waals surface area contributed by atoms with E-state index in [1.807, 2.05) is 30.5 Å². The molecule has 1 aromatic carbocycles. The normalized spacial score (nSPS) is 11.4. The maximum Gasteiger partial charge on any atom is 0.0909 e. The van der Waals surface area contributed by atoms with Crippen molar-refractivity contribution in [2.45, 2.75) is 13.8 Å². The summed E-state index contributed by atoms with van der Waals surface area (Å²) in [6.07, 6.45) is 3.67. The van der Waals surface area contributed by atoms with E-state index >= 15 is 0 Å². The molecule has 0 aliphatic heterocycles. The fourth-order valence-electron chi connectivity index (χ4n) is 1.47. The van der Waals surface area contributed by atoms with Gasteiger partial charge in [-0.15, -0.1) is 0 Å². The van der Waals surface area contributed by atoms with Gasteiger partial charge in [-0.05, 0) is 31.5 Å². The molecule has 0 unspecified atom stereocenters. The Balaban J connectivity index is 2.36. The molecule has 16 heavy (non-hydrogen) atoms. The molecular weight excluding hydrogens is 200 g/mol. The molecule has 0 atom stereocenters. The van der Waals surface area contributed by atoms with E-state index in [-0.39, 0.29) is 0 Å². The second kappa shape index (κ2) is 4.35. The number of hydrogen-bond acceptors (Lipinski definition) is 2. The molecule has 0 saturated carbocycles. The van der Waals surface area contributed by atoms with Crippen LogP contribution in [0.1, 0.15) is 12.5 Å². The second-order valence-corrected chi connectivity index (χ2v) is 3.91. The van der Waals surface area contributed by atoms with Crippen LogP contribution in [0.25, 0.3) is 10.9 Å². The molecule has 2 aromatic rings. The topological polar surface area (TPSA) is 44.3 Å². The minimum Gasteiger partial charge on any atom is -0.366 e. The van der Waals surface area contributed by atoms with Crippen LogP contribution >= 0.6 is 0 Å². The first kappa shape index (κ1) is 10.7. The molecule has 4 nitrogen and oxygen atoms in total. The zero-order valence-corrected chi connectivity index (χ0v) is 9.86. The molecule has 0 radical (unpaired) electrons. The van der Waals surface area contributed by atoms with E-state index in [0.717, 1.165) is 28.7 Å². The third kappa shape index (κ3) is 2.05. The first-order valence-corrected chi connectivity index (χ1v) is 5.39. The highest BCUT2D eigenvalue weighted by atomic mass is 15.1. The van der Waals surface area contributed by atoms with Crippen molar-refractivity contribution in [2.75, 3.05) is 13.6 Å². The average molecular weight is 216 g/mol. The Morgan fingerprint density at radius 2 is 2.31 bits per heavy atom. The van der Waals surface area contributed by atoms with Gasteiger partial charge >= 0.3 is 0 Å². The Kier molecular flexibility index (Phi) is 2.90. The molecule has 0 saturated heterocycles. The zero-order valence-electron chi connectivity index (χ0n) is 9.86. The number of H-pyrrole nitrogens is 1. The van der Waals surface area contributed by atoms with E-state index in [1.165, 1.54) is 0 Å². The van der Waals surface area contributed by atoms with Crippen LogP contribution in [0.4, 0.5) is 5.69 Å². The summed E-state index contributed by atoms with van der Waals surface area (Å²) in [5.41, 5.74) is 3.20. The Labute approximate surface area is 95.0 Å². The van der Waals surface area contributed by atoms with Crippen molar-refractivity contribution in [3.8, 4) is 0 Å². The smallest absolute Gasteiger partial charge is 0.0909 e. The number of nitrogens with zero attached hydrogens (tertiary/aromatic N) is 3. The summed E-state index contributed by atoms with van der Waals surface area (Å²) in [7, 11) is 2.01. The van der Waals surface area contributed by atoms with Crippen LogP contribution in [-0.4, -0.2) is 35.0 Å². The summed E-state index contributed by atoms with van der Waals surface area (Å²) in [5, 5.41) is 8.05. The first-order valence-electron chi connectivity index (χ1n) is 5.39. The van der Waals surface area contributed by atoms with Crippen molar-refractivity contribution in [1.29, 1.82) is 0 Å². The van der Waals surface area contributed by atoms with Gasteiger partial charge in [0.2, 0.25) is 0 Å². The van der Waals surface area contributed by atoms with Crippen LogP contribution in [0.5, 0.6) is 0 Å². The van der Waals surface area contributed by atoms with Crippen molar-refractivity contribution in [1.82, 2.24) is 15.1 Å². The van der Waals surface area contributed by atoms with Crippen molar-refractivity contribution in [3.05, 3.63) is 23.9 Å². The Morgan fingerprint density at radius 3 is 3.06 bits per heavy atom. The lowest BCUT2D eigenvalue weighted by molar-refractivity contribution is 0.552. The van der Waals surface area contributed by atoms with Crippen molar-refractivity contribution >= 4 is 22.9 Å². The Morgan fingerprint density at radius 1 is 1.50 bits per heavy atom. The predicted molar refractivity (Wildman–Crippen MR) is 67.3 cm³/mol.